The Morgan fingerprint density at radius 2 is 2.15 bits per heavy atom. The molecule has 0 spiro atoms. The molecular formula is C8H17N3OSi. The molecule has 0 fully saturated rings. The molecular weight excluding hydrogens is 182 g/mol. The van der Waals surface area contributed by atoms with Crippen LogP contribution in [-0.2, 0) is 0 Å². The molecule has 0 bridgehead atoms. The number of aromatic nitrogens is 3. The SMILES string of the molecule is Cc1cn(OCC[Si](C)(C)C)nn1. The minimum atomic E-state index is -0.991. The fourth-order valence-electron chi connectivity index (χ4n) is 0.835. The van der Waals surface area contributed by atoms with Gasteiger partial charge in [0.05, 0.1) is 11.9 Å². The monoisotopic (exact) mass is 199 g/mol. The van der Waals surface area contributed by atoms with Crippen LogP contribution in [-0.4, -0.2) is 29.8 Å². The predicted octanol–water partition coefficient (Wildman–Crippen LogP) is 1.35. The zero-order chi connectivity index (χ0) is 9.90. The molecule has 0 radical (unpaired) electrons. The van der Waals surface area contributed by atoms with Gasteiger partial charge in [-0.3, -0.25) is 0 Å². The topological polar surface area (TPSA) is 39.9 Å². The van der Waals surface area contributed by atoms with E-state index >= 15 is 0 Å². The Hall–Kier alpha value is -0.843. The second-order valence-corrected chi connectivity index (χ2v) is 10.0. The van der Waals surface area contributed by atoms with E-state index in [-0.39, 0.29) is 0 Å². The minimum Gasteiger partial charge on any atom is -0.396 e. The summed E-state index contributed by atoms with van der Waals surface area (Å²) in [6.45, 7) is 9.60. The van der Waals surface area contributed by atoms with Crippen LogP contribution in [0, 0.1) is 6.92 Å². The summed E-state index contributed by atoms with van der Waals surface area (Å²) in [5, 5.41) is 7.63. The normalized spacial score (nSPS) is 11.7. The van der Waals surface area contributed by atoms with Crippen molar-refractivity contribution in [3.63, 3.8) is 0 Å². The first kappa shape index (κ1) is 10.2. The van der Waals surface area contributed by atoms with E-state index in [0.717, 1.165) is 18.3 Å². The Morgan fingerprint density at radius 3 is 2.62 bits per heavy atom. The Kier molecular flexibility index (Phi) is 3.08. The van der Waals surface area contributed by atoms with Crippen molar-refractivity contribution in [3.05, 3.63) is 11.9 Å². The van der Waals surface area contributed by atoms with Gasteiger partial charge in [0.2, 0.25) is 0 Å². The molecule has 1 aromatic heterocycles. The van der Waals surface area contributed by atoms with Crippen LogP contribution >= 0.6 is 0 Å². The average molecular weight is 199 g/mol. The highest BCUT2D eigenvalue weighted by atomic mass is 28.3. The van der Waals surface area contributed by atoms with E-state index in [1.165, 1.54) is 4.85 Å². The van der Waals surface area contributed by atoms with Crippen molar-refractivity contribution < 1.29 is 4.84 Å². The maximum Gasteiger partial charge on any atom is 0.114 e. The molecule has 5 heteroatoms. The third-order valence-corrected chi connectivity index (χ3v) is 3.37. The summed E-state index contributed by atoms with van der Waals surface area (Å²) in [7, 11) is -0.991. The van der Waals surface area contributed by atoms with Gasteiger partial charge in [-0.1, -0.05) is 24.5 Å². The Labute approximate surface area is 79.9 Å². The summed E-state index contributed by atoms with van der Waals surface area (Å²) in [6.07, 6.45) is 1.78. The average Bonchev–Trinajstić information content (AvgIpc) is 2.33. The summed E-state index contributed by atoms with van der Waals surface area (Å²) in [5.74, 6) is 0. The molecule has 74 valence electrons. The molecule has 0 aliphatic carbocycles. The van der Waals surface area contributed by atoms with E-state index in [1.807, 2.05) is 6.92 Å². The van der Waals surface area contributed by atoms with Crippen LogP contribution in [0.2, 0.25) is 25.7 Å². The largest absolute Gasteiger partial charge is 0.396 e. The Balaban J connectivity index is 2.28. The molecule has 1 rings (SSSR count). The highest BCUT2D eigenvalue weighted by Gasteiger charge is 2.12. The van der Waals surface area contributed by atoms with E-state index in [2.05, 4.69) is 30.0 Å². The summed E-state index contributed by atoms with van der Waals surface area (Å²) in [6, 6.07) is 1.14. The highest BCUT2D eigenvalue weighted by Crippen LogP contribution is 2.06. The number of hydrogen-bond acceptors (Lipinski definition) is 3. The molecule has 1 heterocycles. The van der Waals surface area contributed by atoms with Crippen LogP contribution in [0.25, 0.3) is 0 Å². The van der Waals surface area contributed by atoms with Crippen LogP contribution in [0.1, 0.15) is 5.69 Å². The maximum absolute atomic E-state index is 5.38. The quantitative estimate of drug-likeness (QED) is 0.687. The van der Waals surface area contributed by atoms with Crippen LogP contribution in [0.4, 0.5) is 0 Å². The smallest absolute Gasteiger partial charge is 0.114 e. The molecule has 0 aliphatic rings. The van der Waals surface area contributed by atoms with Crippen LogP contribution < -0.4 is 4.84 Å². The lowest BCUT2D eigenvalue weighted by Crippen LogP contribution is -2.25. The van der Waals surface area contributed by atoms with Gasteiger partial charge in [-0.25, -0.2) is 0 Å². The summed E-state index contributed by atoms with van der Waals surface area (Å²) in [5.41, 5.74) is 0.882. The van der Waals surface area contributed by atoms with Gasteiger partial charge in [0, 0.05) is 8.07 Å². The molecule has 1 aromatic rings. The molecule has 0 saturated carbocycles. The molecule has 13 heavy (non-hydrogen) atoms. The lowest BCUT2D eigenvalue weighted by atomic mass is 10.6. The van der Waals surface area contributed by atoms with Gasteiger partial charge in [-0.2, -0.15) is 0 Å². The van der Waals surface area contributed by atoms with Gasteiger partial charge in [-0.05, 0) is 18.2 Å². The van der Waals surface area contributed by atoms with Gasteiger partial charge in [-0.15, -0.1) is 5.10 Å². The molecule has 0 saturated heterocycles. The van der Waals surface area contributed by atoms with E-state index < -0.39 is 8.07 Å². The summed E-state index contributed by atoms with van der Waals surface area (Å²) < 4.78 is 0. The molecule has 0 N–H and O–H groups in total. The first-order valence-corrected chi connectivity index (χ1v) is 8.20. The van der Waals surface area contributed by atoms with Crippen molar-refractivity contribution in [2.24, 2.45) is 0 Å². The molecule has 0 aliphatic heterocycles. The predicted molar refractivity (Wildman–Crippen MR) is 54.4 cm³/mol. The van der Waals surface area contributed by atoms with Crippen molar-refractivity contribution in [2.75, 3.05) is 6.61 Å². The fourth-order valence-corrected chi connectivity index (χ4v) is 1.54. The Morgan fingerprint density at radius 1 is 1.46 bits per heavy atom. The van der Waals surface area contributed by atoms with E-state index in [0.29, 0.717) is 0 Å². The standard InChI is InChI=1S/C8H17N3OSi/c1-8-7-11(10-9-8)12-5-6-13(2,3)4/h7H,5-6H2,1-4H3. The van der Waals surface area contributed by atoms with Crippen LogP contribution in [0.15, 0.2) is 6.20 Å². The molecule has 0 amide bonds. The number of rotatable bonds is 4. The summed E-state index contributed by atoms with van der Waals surface area (Å²) >= 11 is 0. The number of nitrogens with zero attached hydrogens (tertiary/aromatic N) is 3. The van der Waals surface area contributed by atoms with Crippen molar-refractivity contribution >= 4 is 8.07 Å². The second kappa shape index (κ2) is 3.91. The van der Waals surface area contributed by atoms with Gasteiger partial charge >= 0.3 is 0 Å². The fraction of sp³-hybridized carbons (Fsp3) is 0.750. The van der Waals surface area contributed by atoms with Gasteiger partial charge < -0.3 is 4.84 Å². The van der Waals surface area contributed by atoms with Gasteiger partial charge in [0.15, 0.2) is 0 Å². The van der Waals surface area contributed by atoms with Gasteiger partial charge in [0.25, 0.3) is 0 Å². The van der Waals surface area contributed by atoms with E-state index in [1.54, 1.807) is 6.20 Å². The van der Waals surface area contributed by atoms with Crippen LogP contribution in [0.3, 0.4) is 0 Å². The molecule has 0 atom stereocenters. The third-order valence-electron chi connectivity index (χ3n) is 1.66. The van der Waals surface area contributed by atoms with Gasteiger partial charge in [0.1, 0.15) is 6.61 Å². The zero-order valence-corrected chi connectivity index (χ0v) is 9.74. The summed E-state index contributed by atoms with van der Waals surface area (Å²) in [4.78, 5) is 6.82. The molecule has 0 aromatic carbocycles. The maximum atomic E-state index is 5.38. The zero-order valence-electron chi connectivity index (χ0n) is 8.74. The highest BCUT2D eigenvalue weighted by molar-refractivity contribution is 6.76. The van der Waals surface area contributed by atoms with Crippen molar-refractivity contribution in [1.82, 2.24) is 15.2 Å². The van der Waals surface area contributed by atoms with Crippen molar-refractivity contribution in [1.29, 1.82) is 0 Å². The van der Waals surface area contributed by atoms with Crippen molar-refractivity contribution in [3.8, 4) is 0 Å². The lowest BCUT2D eigenvalue weighted by Gasteiger charge is -2.14. The number of hydrogen-bond donors (Lipinski definition) is 0. The second-order valence-electron chi connectivity index (χ2n) is 4.41. The van der Waals surface area contributed by atoms with E-state index in [4.69, 9.17) is 4.84 Å². The Bertz CT molecular complexity index is 267. The first-order valence-electron chi connectivity index (χ1n) is 4.50. The van der Waals surface area contributed by atoms with Crippen LogP contribution in [0.5, 0.6) is 0 Å². The van der Waals surface area contributed by atoms with Crippen molar-refractivity contribution in [2.45, 2.75) is 32.6 Å². The molecule has 4 nitrogen and oxygen atoms in total. The van der Waals surface area contributed by atoms with E-state index in [9.17, 15) is 0 Å². The third kappa shape index (κ3) is 4.07. The first-order chi connectivity index (χ1) is 5.97. The minimum absolute atomic E-state index is 0.735. The molecule has 0 unspecified atom stereocenters. The number of aryl methyl sites for hydroxylation is 1. The lowest BCUT2D eigenvalue weighted by molar-refractivity contribution is 0.0878.